The monoisotopic (exact) mass is 366 g/mol. The maximum Gasteiger partial charge on any atom is 0.410 e. The molecule has 1 heterocycles. The van der Waals surface area contributed by atoms with Crippen LogP contribution in [-0.4, -0.2) is 66.3 Å². The van der Waals surface area contributed by atoms with Gasteiger partial charge in [0.05, 0.1) is 6.61 Å². The third-order valence-corrected chi connectivity index (χ3v) is 5.28. The molecular weight excluding hydrogens is 344 g/mol. The fraction of sp³-hybridized carbons (Fsp3) is 0.333. The summed E-state index contributed by atoms with van der Waals surface area (Å²) in [7, 11) is 0. The van der Waals surface area contributed by atoms with Crippen LogP contribution < -0.4 is 0 Å². The molecule has 27 heavy (non-hydrogen) atoms. The minimum atomic E-state index is -0.464. The number of amides is 2. The van der Waals surface area contributed by atoms with Crippen LogP contribution in [0, 0.1) is 0 Å². The zero-order valence-electron chi connectivity index (χ0n) is 15.0. The zero-order chi connectivity index (χ0) is 18.8. The minimum absolute atomic E-state index is 0.00330. The SMILES string of the molecule is O=C1CN(C(=O)OCC2c3ccccc3-c3ccccc32)CCN1CCO. The molecule has 140 valence electrons. The van der Waals surface area contributed by atoms with Crippen molar-refractivity contribution in [2.45, 2.75) is 5.92 Å². The quantitative estimate of drug-likeness (QED) is 0.899. The van der Waals surface area contributed by atoms with Crippen LogP contribution in [0.2, 0.25) is 0 Å². The van der Waals surface area contributed by atoms with Crippen molar-refractivity contribution in [3.63, 3.8) is 0 Å². The van der Waals surface area contributed by atoms with E-state index >= 15 is 0 Å². The standard InChI is InChI=1S/C21H22N2O4/c24-12-11-22-9-10-23(13-20(22)25)21(26)27-14-19-17-7-3-1-5-15(17)16-6-2-4-8-18(16)19/h1-8,19,24H,9-14H2. The van der Waals surface area contributed by atoms with Crippen LogP contribution >= 0.6 is 0 Å². The van der Waals surface area contributed by atoms with Crippen molar-refractivity contribution in [3.8, 4) is 11.1 Å². The van der Waals surface area contributed by atoms with Gasteiger partial charge in [-0.15, -0.1) is 0 Å². The highest BCUT2D eigenvalue weighted by Gasteiger charge is 2.31. The Morgan fingerprint density at radius 2 is 1.67 bits per heavy atom. The number of fused-ring (bicyclic) bond motifs is 3. The summed E-state index contributed by atoms with van der Waals surface area (Å²) in [6.07, 6.45) is -0.464. The molecule has 0 unspecified atom stereocenters. The summed E-state index contributed by atoms with van der Waals surface area (Å²) in [4.78, 5) is 27.5. The summed E-state index contributed by atoms with van der Waals surface area (Å²) in [6, 6.07) is 16.4. The van der Waals surface area contributed by atoms with E-state index in [1.165, 1.54) is 16.0 Å². The van der Waals surface area contributed by atoms with E-state index in [2.05, 4.69) is 24.3 Å². The van der Waals surface area contributed by atoms with E-state index in [1.807, 2.05) is 24.3 Å². The Labute approximate surface area is 158 Å². The Morgan fingerprint density at radius 1 is 1.04 bits per heavy atom. The fourth-order valence-electron chi connectivity index (χ4n) is 3.91. The van der Waals surface area contributed by atoms with E-state index in [0.717, 1.165) is 11.1 Å². The molecule has 2 aromatic carbocycles. The molecule has 6 nitrogen and oxygen atoms in total. The molecule has 1 fully saturated rings. The van der Waals surface area contributed by atoms with Crippen LogP contribution in [0.3, 0.4) is 0 Å². The lowest BCUT2D eigenvalue weighted by Gasteiger charge is -2.33. The first-order valence-corrected chi connectivity index (χ1v) is 9.17. The number of carbonyl (C=O) groups excluding carboxylic acids is 2. The molecule has 0 saturated carbocycles. The summed E-state index contributed by atoms with van der Waals surface area (Å²) in [5, 5.41) is 8.98. The Balaban J connectivity index is 1.43. The van der Waals surface area contributed by atoms with Gasteiger partial charge in [-0.1, -0.05) is 48.5 Å². The van der Waals surface area contributed by atoms with Gasteiger partial charge in [0.25, 0.3) is 0 Å². The predicted octanol–water partition coefficient (Wildman–Crippen LogP) is 2.07. The molecule has 6 heteroatoms. The molecule has 2 aromatic rings. The van der Waals surface area contributed by atoms with Crippen LogP contribution in [0.5, 0.6) is 0 Å². The number of hydrogen-bond donors (Lipinski definition) is 1. The molecule has 0 spiro atoms. The summed E-state index contributed by atoms with van der Waals surface area (Å²) in [5.41, 5.74) is 4.69. The number of carbonyl (C=O) groups is 2. The van der Waals surface area contributed by atoms with Crippen LogP contribution in [0.4, 0.5) is 4.79 Å². The van der Waals surface area contributed by atoms with Gasteiger partial charge in [0.2, 0.25) is 5.91 Å². The number of benzene rings is 2. The molecule has 1 N–H and O–H groups in total. The van der Waals surface area contributed by atoms with Crippen molar-refractivity contribution in [2.75, 3.05) is 39.4 Å². The Hall–Kier alpha value is -2.86. The van der Waals surface area contributed by atoms with Gasteiger partial charge in [-0.3, -0.25) is 9.69 Å². The average molecular weight is 366 g/mol. The third kappa shape index (κ3) is 3.28. The molecule has 4 rings (SSSR count). The number of aliphatic hydroxyl groups is 1. The molecule has 2 amide bonds. The highest BCUT2D eigenvalue weighted by molar-refractivity contribution is 5.84. The average Bonchev–Trinajstić information content (AvgIpc) is 3.02. The smallest absolute Gasteiger partial charge is 0.410 e. The minimum Gasteiger partial charge on any atom is -0.448 e. The third-order valence-electron chi connectivity index (χ3n) is 5.28. The highest BCUT2D eigenvalue weighted by Crippen LogP contribution is 2.44. The number of ether oxygens (including phenoxy) is 1. The summed E-state index contributed by atoms with van der Waals surface area (Å²) in [5.74, 6) is -0.156. The maximum absolute atomic E-state index is 12.5. The van der Waals surface area contributed by atoms with E-state index in [-0.39, 0.29) is 31.6 Å². The molecule has 0 atom stereocenters. The van der Waals surface area contributed by atoms with Gasteiger partial charge >= 0.3 is 6.09 Å². The Bertz CT molecular complexity index is 821. The summed E-state index contributed by atoms with van der Waals surface area (Å²) < 4.78 is 5.59. The number of hydrogen-bond acceptors (Lipinski definition) is 4. The number of piperazine rings is 1. The first-order valence-electron chi connectivity index (χ1n) is 9.17. The molecule has 2 aliphatic rings. The fourth-order valence-corrected chi connectivity index (χ4v) is 3.91. The van der Waals surface area contributed by atoms with Crippen LogP contribution in [0.15, 0.2) is 48.5 Å². The summed E-state index contributed by atoms with van der Waals surface area (Å²) >= 11 is 0. The van der Waals surface area contributed by atoms with E-state index < -0.39 is 6.09 Å². The van der Waals surface area contributed by atoms with Crippen molar-refractivity contribution in [1.82, 2.24) is 9.80 Å². The van der Waals surface area contributed by atoms with Crippen molar-refractivity contribution in [2.24, 2.45) is 0 Å². The van der Waals surface area contributed by atoms with Crippen molar-refractivity contribution >= 4 is 12.0 Å². The lowest BCUT2D eigenvalue weighted by atomic mass is 9.98. The number of aliphatic hydroxyl groups excluding tert-OH is 1. The Kier molecular flexibility index (Phi) is 4.81. The summed E-state index contributed by atoms with van der Waals surface area (Å²) in [6.45, 7) is 1.31. The second-order valence-electron chi connectivity index (χ2n) is 6.83. The largest absolute Gasteiger partial charge is 0.448 e. The molecule has 1 aliphatic carbocycles. The molecular formula is C21H22N2O4. The lowest BCUT2D eigenvalue weighted by molar-refractivity contribution is -0.135. The molecule has 0 bridgehead atoms. The van der Waals surface area contributed by atoms with Gasteiger partial charge in [-0.05, 0) is 22.3 Å². The first-order chi connectivity index (χ1) is 13.2. The molecule has 0 radical (unpaired) electrons. The van der Waals surface area contributed by atoms with Gasteiger partial charge in [0.1, 0.15) is 13.2 Å². The van der Waals surface area contributed by atoms with Gasteiger partial charge in [0.15, 0.2) is 0 Å². The topological polar surface area (TPSA) is 70.1 Å². The lowest BCUT2D eigenvalue weighted by Crippen LogP contribution is -2.53. The first kappa shape index (κ1) is 17.5. The van der Waals surface area contributed by atoms with Crippen LogP contribution in [0.25, 0.3) is 11.1 Å². The normalized spacial score (nSPS) is 16.3. The number of β-amino-alcohol motifs (C(OH)–C–C–N with tert-alkyl or cyclic N) is 1. The van der Waals surface area contributed by atoms with Crippen LogP contribution in [-0.2, 0) is 9.53 Å². The second-order valence-corrected chi connectivity index (χ2v) is 6.83. The highest BCUT2D eigenvalue weighted by atomic mass is 16.6. The van der Waals surface area contributed by atoms with Crippen molar-refractivity contribution in [3.05, 3.63) is 59.7 Å². The van der Waals surface area contributed by atoms with E-state index in [0.29, 0.717) is 19.6 Å². The van der Waals surface area contributed by atoms with Gasteiger partial charge in [-0.2, -0.15) is 0 Å². The van der Waals surface area contributed by atoms with E-state index in [4.69, 9.17) is 9.84 Å². The Morgan fingerprint density at radius 3 is 2.26 bits per heavy atom. The van der Waals surface area contributed by atoms with Gasteiger partial charge in [-0.25, -0.2) is 4.79 Å². The van der Waals surface area contributed by atoms with E-state index in [1.54, 1.807) is 4.90 Å². The van der Waals surface area contributed by atoms with Gasteiger partial charge < -0.3 is 14.7 Å². The number of rotatable bonds is 4. The zero-order valence-corrected chi connectivity index (χ0v) is 15.0. The molecule has 0 aromatic heterocycles. The maximum atomic E-state index is 12.5. The van der Waals surface area contributed by atoms with Gasteiger partial charge in [0, 0.05) is 25.6 Å². The molecule has 1 aliphatic heterocycles. The second kappa shape index (κ2) is 7.40. The van der Waals surface area contributed by atoms with Crippen molar-refractivity contribution in [1.29, 1.82) is 0 Å². The van der Waals surface area contributed by atoms with Crippen LogP contribution in [0.1, 0.15) is 17.0 Å². The predicted molar refractivity (Wildman–Crippen MR) is 100 cm³/mol. The number of nitrogens with zero attached hydrogens (tertiary/aromatic N) is 2. The van der Waals surface area contributed by atoms with E-state index in [9.17, 15) is 9.59 Å². The van der Waals surface area contributed by atoms with Crippen molar-refractivity contribution < 1.29 is 19.4 Å². The molecule has 1 saturated heterocycles.